The average molecular weight is 262 g/mol. The van der Waals surface area contributed by atoms with E-state index in [0.717, 1.165) is 18.4 Å². The van der Waals surface area contributed by atoms with Gasteiger partial charge in [0.2, 0.25) is 5.91 Å². The minimum absolute atomic E-state index is 0.118. The largest absolute Gasteiger partial charge is 0.391 e. The number of rotatable bonds is 3. The normalized spacial score (nSPS) is 22.3. The Morgan fingerprint density at radius 3 is 3.05 bits per heavy atom. The predicted molar refractivity (Wildman–Crippen MR) is 73.6 cm³/mol. The van der Waals surface area contributed by atoms with Crippen molar-refractivity contribution in [2.45, 2.75) is 51.2 Å². The number of carbonyl (C=O) groups is 1. The molecule has 0 aliphatic carbocycles. The maximum absolute atomic E-state index is 12.3. The first-order valence-corrected chi connectivity index (χ1v) is 6.86. The van der Waals surface area contributed by atoms with E-state index in [9.17, 15) is 9.90 Å². The highest BCUT2D eigenvalue weighted by atomic mass is 16.3. The van der Waals surface area contributed by atoms with Crippen molar-refractivity contribution >= 4 is 5.91 Å². The summed E-state index contributed by atoms with van der Waals surface area (Å²) >= 11 is 0. The Balaban J connectivity index is 1.95. The Kier molecular flexibility index (Phi) is 4.20. The van der Waals surface area contributed by atoms with E-state index < -0.39 is 0 Å². The molecule has 2 heterocycles. The summed E-state index contributed by atoms with van der Waals surface area (Å²) in [6.45, 7) is 4.60. The first kappa shape index (κ1) is 14.0. The van der Waals surface area contributed by atoms with E-state index in [-0.39, 0.29) is 17.6 Å². The molecule has 1 amide bonds. The fourth-order valence-electron chi connectivity index (χ4n) is 2.58. The second kappa shape index (κ2) is 5.70. The summed E-state index contributed by atoms with van der Waals surface area (Å²) in [5.41, 5.74) is 0.928. The van der Waals surface area contributed by atoms with Crippen molar-refractivity contribution < 1.29 is 9.90 Å². The second-order valence-corrected chi connectivity index (χ2v) is 5.87. The summed E-state index contributed by atoms with van der Waals surface area (Å²) in [7, 11) is 0. The summed E-state index contributed by atoms with van der Waals surface area (Å²) in [5.74, 6) is 0.118. The molecule has 4 nitrogen and oxygen atoms in total. The molecule has 19 heavy (non-hydrogen) atoms. The monoisotopic (exact) mass is 262 g/mol. The average Bonchev–Trinajstić information content (AvgIpc) is 2.40. The molecule has 0 bridgehead atoms. The number of carbonyl (C=O) groups excluding carboxylic acids is 1. The van der Waals surface area contributed by atoms with Crippen LogP contribution in [-0.2, 0) is 11.2 Å². The maximum Gasteiger partial charge on any atom is 0.223 e. The van der Waals surface area contributed by atoms with Gasteiger partial charge in [-0.3, -0.25) is 9.78 Å². The van der Waals surface area contributed by atoms with Gasteiger partial charge in [-0.15, -0.1) is 0 Å². The molecule has 0 radical (unpaired) electrons. The third kappa shape index (κ3) is 3.53. The lowest BCUT2D eigenvalue weighted by molar-refractivity contribution is -0.142. The van der Waals surface area contributed by atoms with Crippen LogP contribution in [0, 0.1) is 0 Å². The van der Waals surface area contributed by atoms with Crippen LogP contribution in [0.15, 0.2) is 24.5 Å². The van der Waals surface area contributed by atoms with Crippen LogP contribution in [0.4, 0.5) is 0 Å². The number of aryl methyl sites for hydroxylation is 1. The molecule has 1 N–H and O–H groups in total. The molecule has 1 aliphatic rings. The first-order chi connectivity index (χ1) is 8.99. The Labute approximate surface area is 114 Å². The predicted octanol–water partition coefficient (Wildman–Crippen LogP) is 1.78. The molecule has 104 valence electrons. The van der Waals surface area contributed by atoms with Crippen LogP contribution in [-0.4, -0.2) is 39.1 Å². The fourth-order valence-corrected chi connectivity index (χ4v) is 2.58. The maximum atomic E-state index is 12.3. The van der Waals surface area contributed by atoms with Crippen molar-refractivity contribution in [2.24, 2.45) is 0 Å². The van der Waals surface area contributed by atoms with Crippen molar-refractivity contribution in [2.75, 3.05) is 6.54 Å². The third-order valence-corrected chi connectivity index (χ3v) is 3.86. The molecule has 1 unspecified atom stereocenters. The summed E-state index contributed by atoms with van der Waals surface area (Å²) in [5, 5.41) is 9.74. The molecule has 0 aromatic carbocycles. The zero-order valence-corrected chi connectivity index (χ0v) is 11.7. The first-order valence-electron chi connectivity index (χ1n) is 6.86. The van der Waals surface area contributed by atoms with Gasteiger partial charge in [-0.2, -0.15) is 0 Å². The van der Waals surface area contributed by atoms with Crippen LogP contribution >= 0.6 is 0 Å². The quantitative estimate of drug-likeness (QED) is 0.903. The summed E-state index contributed by atoms with van der Waals surface area (Å²) < 4.78 is 0. The van der Waals surface area contributed by atoms with Crippen molar-refractivity contribution in [1.29, 1.82) is 0 Å². The lowest BCUT2D eigenvalue weighted by atomic mass is 9.88. The van der Waals surface area contributed by atoms with Crippen LogP contribution in [0.1, 0.15) is 38.7 Å². The van der Waals surface area contributed by atoms with Gasteiger partial charge in [0.1, 0.15) is 0 Å². The number of hydrogen-bond donors (Lipinski definition) is 1. The second-order valence-electron chi connectivity index (χ2n) is 5.87. The van der Waals surface area contributed by atoms with Gasteiger partial charge >= 0.3 is 0 Å². The van der Waals surface area contributed by atoms with E-state index in [1.165, 1.54) is 0 Å². The van der Waals surface area contributed by atoms with Crippen LogP contribution < -0.4 is 0 Å². The SMILES string of the molecule is CC1(C)CCC(O)CN1C(=O)CCc1cccnc1. The number of hydrogen-bond acceptors (Lipinski definition) is 3. The number of pyridine rings is 1. The number of likely N-dealkylation sites (tertiary alicyclic amines) is 1. The highest BCUT2D eigenvalue weighted by molar-refractivity contribution is 5.77. The number of aliphatic hydroxyl groups excluding tert-OH is 1. The summed E-state index contributed by atoms with van der Waals surface area (Å²) in [6, 6.07) is 3.87. The van der Waals surface area contributed by atoms with Crippen molar-refractivity contribution in [3.8, 4) is 0 Å². The zero-order chi connectivity index (χ0) is 13.9. The molecule has 1 aromatic rings. The number of nitrogens with zero attached hydrogens (tertiary/aromatic N) is 2. The van der Waals surface area contributed by atoms with Crippen LogP contribution in [0.5, 0.6) is 0 Å². The van der Waals surface area contributed by atoms with Gasteiger partial charge in [-0.25, -0.2) is 0 Å². The molecule has 2 rings (SSSR count). The molecule has 1 saturated heterocycles. The van der Waals surface area contributed by atoms with E-state index in [2.05, 4.69) is 18.8 Å². The lowest BCUT2D eigenvalue weighted by Gasteiger charge is -2.44. The highest BCUT2D eigenvalue weighted by Gasteiger charge is 2.36. The third-order valence-electron chi connectivity index (χ3n) is 3.86. The van der Waals surface area contributed by atoms with Gasteiger partial charge in [-0.05, 0) is 44.7 Å². The number of β-amino-alcohol motifs (C(OH)–C–C–N with tert-alkyl or cyclic N) is 1. The molecule has 4 heteroatoms. The Hall–Kier alpha value is -1.42. The van der Waals surface area contributed by atoms with E-state index in [0.29, 0.717) is 19.4 Å². The minimum Gasteiger partial charge on any atom is -0.391 e. The molecule has 1 aromatic heterocycles. The number of piperidine rings is 1. The van der Waals surface area contributed by atoms with Crippen LogP contribution in [0.25, 0.3) is 0 Å². The van der Waals surface area contributed by atoms with Gasteiger partial charge < -0.3 is 10.0 Å². The Morgan fingerprint density at radius 1 is 1.58 bits per heavy atom. The number of aliphatic hydroxyl groups is 1. The number of aromatic nitrogens is 1. The van der Waals surface area contributed by atoms with Gasteiger partial charge in [0.25, 0.3) is 0 Å². The van der Waals surface area contributed by atoms with Crippen molar-refractivity contribution in [3.05, 3.63) is 30.1 Å². The van der Waals surface area contributed by atoms with E-state index in [1.54, 1.807) is 12.4 Å². The van der Waals surface area contributed by atoms with E-state index >= 15 is 0 Å². The molecule has 0 saturated carbocycles. The molecule has 1 fully saturated rings. The van der Waals surface area contributed by atoms with Crippen molar-refractivity contribution in [1.82, 2.24) is 9.88 Å². The lowest BCUT2D eigenvalue weighted by Crippen LogP contribution is -2.54. The fraction of sp³-hybridized carbons (Fsp3) is 0.600. The number of amides is 1. The standard InChI is InChI=1S/C15H22N2O2/c1-15(2)8-7-13(18)11-17(15)14(19)6-5-12-4-3-9-16-10-12/h3-4,9-10,13,18H,5-8,11H2,1-2H3. The smallest absolute Gasteiger partial charge is 0.223 e. The van der Waals surface area contributed by atoms with Gasteiger partial charge in [0.15, 0.2) is 0 Å². The molecular weight excluding hydrogens is 240 g/mol. The molecular formula is C15H22N2O2. The van der Waals surface area contributed by atoms with Crippen molar-refractivity contribution in [3.63, 3.8) is 0 Å². The summed E-state index contributed by atoms with van der Waals surface area (Å²) in [6.07, 6.45) is 5.96. The van der Waals surface area contributed by atoms with Gasteiger partial charge in [-0.1, -0.05) is 6.07 Å². The molecule has 0 spiro atoms. The zero-order valence-electron chi connectivity index (χ0n) is 11.7. The van der Waals surface area contributed by atoms with Gasteiger partial charge in [0, 0.05) is 30.9 Å². The van der Waals surface area contributed by atoms with E-state index in [4.69, 9.17) is 0 Å². The van der Waals surface area contributed by atoms with Gasteiger partial charge in [0.05, 0.1) is 6.10 Å². The Bertz CT molecular complexity index is 431. The molecule has 1 aliphatic heterocycles. The minimum atomic E-state index is -0.379. The topological polar surface area (TPSA) is 53.4 Å². The van der Waals surface area contributed by atoms with E-state index in [1.807, 2.05) is 17.0 Å². The summed E-state index contributed by atoms with van der Waals surface area (Å²) in [4.78, 5) is 18.2. The Morgan fingerprint density at radius 2 is 2.37 bits per heavy atom. The highest BCUT2D eigenvalue weighted by Crippen LogP contribution is 2.28. The van der Waals surface area contributed by atoms with Crippen LogP contribution in [0.2, 0.25) is 0 Å². The molecule has 1 atom stereocenters. The van der Waals surface area contributed by atoms with Crippen LogP contribution in [0.3, 0.4) is 0 Å².